The molecule has 2 atom stereocenters. The van der Waals surface area contributed by atoms with Crippen molar-refractivity contribution in [2.24, 2.45) is 0 Å². The lowest BCUT2D eigenvalue weighted by atomic mass is 9.93. The van der Waals surface area contributed by atoms with Crippen LogP contribution in [0.25, 0.3) is 0 Å². The van der Waals surface area contributed by atoms with Crippen LogP contribution >= 0.6 is 86.9 Å². The van der Waals surface area contributed by atoms with E-state index in [0.29, 0.717) is 13.4 Å². The van der Waals surface area contributed by atoms with E-state index in [-0.39, 0.29) is 15.6 Å². The Labute approximate surface area is 170 Å². The highest BCUT2D eigenvalue weighted by Crippen LogP contribution is 2.52. The van der Waals surface area contributed by atoms with E-state index in [1.54, 1.807) is 0 Å². The molecule has 0 bridgehead atoms. The van der Waals surface area contributed by atoms with E-state index in [1.807, 2.05) is 0 Å². The lowest BCUT2D eigenvalue weighted by Gasteiger charge is -2.28. The van der Waals surface area contributed by atoms with Gasteiger partial charge < -0.3 is 10.2 Å². The normalized spacial score (nSPS) is 16.7. The van der Waals surface area contributed by atoms with Gasteiger partial charge in [0.2, 0.25) is 0 Å². The van der Waals surface area contributed by atoms with E-state index in [0.717, 1.165) is 0 Å². The third-order valence-corrected chi connectivity index (χ3v) is 7.94. The van der Waals surface area contributed by atoms with Gasteiger partial charge >= 0.3 is 11.9 Å². The molecule has 1 aromatic rings. The molecule has 0 heterocycles. The summed E-state index contributed by atoms with van der Waals surface area (Å²) in [7, 11) is 0. The van der Waals surface area contributed by atoms with Crippen LogP contribution in [0.15, 0.2) is 17.9 Å². The summed E-state index contributed by atoms with van der Waals surface area (Å²) in [5.41, 5.74) is 0.305. The summed E-state index contributed by atoms with van der Waals surface area (Å²) in [5, 5.41) is 18.7. The number of halogens is 6. The molecule has 4 nitrogen and oxygen atoms in total. The second-order valence-corrected chi connectivity index (χ2v) is 9.31. The number of benzene rings is 1. The van der Waals surface area contributed by atoms with Crippen molar-refractivity contribution in [2.45, 2.75) is 23.6 Å². The van der Waals surface area contributed by atoms with Crippen LogP contribution in [0.5, 0.6) is 0 Å². The molecule has 1 rings (SSSR count). The molecule has 22 heavy (non-hydrogen) atoms. The Hall–Kier alpha value is 0.660. The SMILES string of the molecule is CC(Cl)(C(=O)O)c1c(Br)c(Br)c(Br)c(C(C)(Cl)C(=O)O)c1Br. The van der Waals surface area contributed by atoms with Crippen molar-refractivity contribution >= 4 is 98.9 Å². The molecule has 0 spiro atoms. The molecular formula is C12H8Br4Cl2O4. The number of hydrogen-bond donors (Lipinski definition) is 2. The highest BCUT2D eigenvalue weighted by Gasteiger charge is 2.44. The van der Waals surface area contributed by atoms with E-state index in [9.17, 15) is 19.8 Å². The molecule has 0 aliphatic rings. The van der Waals surface area contributed by atoms with Gasteiger partial charge in [0.15, 0.2) is 9.75 Å². The van der Waals surface area contributed by atoms with Gasteiger partial charge in [0, 0.05) is 29.0 Å². The molecule has 10 heteroatoms. The monoisotopic (exact) mass is 602 g/mol. The molecule has 2 N–H and O–H groups in total. The van der Waals surface area contributed by atoms with Gasteiger partial charge in [-0.1, -0.05) is 0 Å². The van der Waals surface area contributed by atoms with E-state index < -0.39 is 21.7 Å². The lowest BCUT2D eigenvalue weighted by Crippen LogP contribution is -2.31. The second-order valence-electron chi connectivity index (χ2n) is 4.62. The first-order valence-electron chi connectivity index (χ1n) is 5.49. The van der Waals surface area contributed by atoms with Crippen molar-refractivity contribution in [3.8, 4) is 0 Å². The molecule has 0 radical (unpaired) electrons. The number of rotatable bonds is 4. The van der Waals surface area contributed by atoms with Crippen LogP contribution in [-0.2, 0) is 19.3 Å². The van der Waals surface area contributed by atoms with Crippen molar-refractivity contribution in [1.29, 1.82) is 0 Å². The average molecular weight is 607 g/mol. The third kappa shape index (κ3) is 3.37. The van der Waals surface area contributed by atoms with Gasteiger partial charge in [0.25, 0.3) is 0 Å². The van der Waals surface area contributed by atoms with Crippen LogP contribution < -0.4 is 0 Å². The number of carbonyl (C=O) groups is 2. The van der Waals surface area contributed by atoms with Crippen molar-refractivity contribution in [2.75, 3.05) is 0 Å². The van der Waals surface area contributed by atoms with Crippen LogP contribution in [0.2, 0.25) is 0 Å². The molecule has 0 aromatic heterocycles. The maximum Gasteiger partial charge on any atom is 0.329 e. The molecule has 1 aromatic carbocycles. The molecule has 2 unspecified atom stereocenters. The summed E-state index contributed by atoms with van der Waals surface area (Å²) in [5.74, 6) is -2.58. The summed E-state index contributed by atoms with van der Waals surface area (Å²) in [4.78, 5) is 19.3. The second kappa shape index (κ2) is 6.88. The first-order valence-corrected chi connectivity index (χ1v) is 9.42. The summed E-state index contributed by atoms with van der Waals surface area (Å²) < 4.78 is 1.33. The van der Waals surface area contributed by atoms with Gasteiger partial charge in [-0.25, -0.2) is 9.59 Å². The topological polar surface area (TPSA) is 74.6 Å². The first-order chi connectivity index (χ1) is 9.77. The summed E-state index contributed by atoms with van der Waals surface area (Å²) in [6.45, 7) is 2.58. The fourth-order valence-corrected chi connectivity index (χ4v) is 6.48. The van der Waals surface area contributed by atoms with Gasteiger partial charge in [-0.2, -0.15) is 0 Å². The van der Waals surface area contributed by atoms with E-state index in [1.165, 1.54) is 13.8 Å². The number of carboxylic acids is 2. The number of aliphatic carboxylic acids is 2. The van der Waals surface area contributed by atoms with Crippen molar-refractivity contribution < 1.29 is 19.8 Å². The zero-order chi connectivity index (χ0) is 17.6. The largest absolute Gasteiger partial charge is 0.480 e. The Morgan fingerprint density at radius 3 is 1.27 bits per heavy atom. The molecular weight excluding hydrogens is 599 g/mol. The summed E-state index contributed by atoms with van der Waals surface area (Å²) >= 11 is 25.4. The van der Waals surface area contributed by atoms with E-state index >= 15 is 0 Å². The van der Waals surface area contributed by atoms with Crippen LogP contribution in [0.4, 0.5) is 0 Å². The Kier molecular flexibility index (Phi) is 6.47. The maximum atomic E-state index is 11.5. The minimum absolute atomic E-state index is 0.153. The number of hydrogen-bond acceptors (Lipinski definition) is 2. The highest BCUT2D eigenvalue weighted by atomic mass is 79.9. The molecule has 0 saturated heterocycles. The Bertz CT molecular complexity index is 621. The molecule has 0 fully saturated rings. The maximum absolute atomic E-state index is 11.5. The van der Waals surface area contributed by atoms with E-state index in [4.69, 9.17) is 23.2 Å². The van der Waals surface area contributed by atoms with Gasteiger partial charge in [-0.15, -0.1) is 23.2 Å². The quantitative estimate of drug-likeness (QED) is 0.258. The third-order valence-electron chi connectivity index (χ3n) is 3.01. The van der Waals surface area contributed by atoms with Crippen LogP contribution in [0.1, 0.15) is 25.0 Å². The van der Waals surface area contributed by atoms with Gasteiger partial charge in [-0.05, 0) is 77.6 Å². The molecule has 0 amide bonds. The zero-order valence-corrected chi connectivity index (χ0v) is 18.8. The van der Waals surface area contributed by atoms with Gasteiger partial charge in [0.05, 0.1) is 0 Å². The average Bonchev–Trinajstić information content (AvgIpc) is 2.35. The first kappa shape index (κ1) is 20.7. The summed E-state index contributed by atoms with van der Waals surface area (Å²) in [6, 6.07) is 0. The molecule has 0 saturated carbocycles. The standard InChI is InChI=1S/C12H8Br4Cl2O4/c1-11(17,9(19)20)3-5(13)4(12(2,18)10(21)22)7(15)8(16)6(3)14/h1-2H3,(H,19,20)(H,21,22). The minimum Gasteiger partial charge on any atom is -0.480 e. The minimum atomic E-state index is -1.80. The zero-order valence-electron chi connectivity index (χ0n) is 11.0. The fourth-order valence-electron chi connectivity index (χ4n) is 1.67. The van der Waals surface area contributed by atoms with Crippen LogP contribution in [0.3, 0.4) is 0 Å². The molecule has 0 aliphatic heterocycles. The van der Waals surface area contributed by atoms with Crippen molar-refractivity contribution in [3.05, 3.63) is 29.0 Å². The Morgan fingerprint density at radius 2 is 1.05 bits per heavy atom. The predicted molar refractivity (Wildman–Crippen MR) is 98.9 cm³/mol. The fraction of sp³-hybridized carbons (Fsp3) is 0.333. The predicted octanol–water partition coefficient (Wildman–Crippen LogP) is 5.81. The number of alkyl halides is 2. The van der Waals surface area contributed by atoms with Crippen LogP contribution in [-0.4, -0.2) is 22.2 Å². The van der Waals surface area contributed by atoms with Crippen molar-refractivity contribution in [3.63, 3.8) is 0 Å². The van der Waals surface area contributed by atoms with Crippen LogP contribution in [0, 0.1) is 0 Å². The Morgan fingerprint density at radius 1 is 0.773 bits per heavy atom. The summed E-state index contributed by atoms with van der Waals surface area (Å²) in [6.07, 6.45) is 0. The molecule has 122 valence electrons. The number of carboxylic acid groups (broad SMARTS) is 2. The van der Waals surface area contributed by atoms with Crippen molar-refractivity contribution in [1.82, 2.24) is 0 Å². The lowest BCUT2D eigenvalue weighted by molar-refractivity contribution is -0.140. The van der Waals surface area contributed by atoms with Gasteiger partial charge in [0.1, 0.15) is 0 Å². The van der Waals surface area contributed by atoms with Gasteiger partial charge in [-0.3, -0.25) is 0 Å². The molecule has 0 aliphatic carbocycles. The Balaban J connectivity index is 3.97. The highest BCUT2D eigenvalue weighted by molar-refractivity contribution is 9.14. The smallest absolute Gasteiger partial charge is 0.329 e. The van der Waals surface area contributed by atoms with E-state index in [2.05, 4.69) is 63.7 Å².